The predicted molar refractivity (Wildman–Crippen MR) is 91.9 cm³/mol. The summed E-state index contributed by atoms with van der Waals surface area (Å²) in [6, 6.07) is 0.586. The fourth-order valence-corrected chi connectivity index (χ4v) is 3.66. The molecule has 0 radical (unpaired) electrons. The van der Waals surface area contributed by atoms with Gasteiger partial charge in [0.15, 0.2) is 5.69 Å². The minimum absolute atomic E-state index is 0. The Hall–Kier alpha value is -1.14. The lowest BCUT2D eigenvalue weighted by atomic mass is 9.84. The van der Waals surface area contributed by atoms with E-state index in [-0.39, 0.29) is 24.4 Å². The number of halogens is 1. The van der Waals surface area contributed by atoms with Crippen LogP contribution in [0.2, 0.25) is 0 Å². The molecule has 2 aliphatic rings. The molecule has 1 aromatic rings. The molecule has 23 heavy (non-hydrogen) atoms. The average molecular weight is 342 g/mol. The summed E-state index contributed by atoms with van der Waals surface area (Å²) in [6.07, 6.45) is 10.3. The summed E-state index contributed by atoms with van der Waals surface area (Å²) in [5.41, 5.74) is 0.446. The van der Waals surface area contributed by atoms with Gasteiger partial charge in [-0.05, 0) is 51.6 Å². The van der Waals surface area contributed by atoms with Gasteiger partial charge in [0, 0.05) is 6.04 Å². The van der Waals surface area contributed by atoms with E-state index < -0.39 is 0 Å². The Kier molecular flexibility index (Phi) is 6.84. The van der Waals surface area contributed by atoms with Crippen LogP contribution in [0.25, 0.3) is 0 Å². The molecule has 1 saturated carbocycles. The largest absolute Gasteiger partial charge is 0.348 e. The normalized spacial score (nSPS) is 21.4. The molecule has 2 heterocycles. The smallest absolute Gasteiger partial charge is 0.273 e. The Morgan fingerprint density at radius 2 is 1.96 bits per heavy atom. The van der Waals surface area contributed by atoms with Gasteiger partial charge in [-0.15, -0.1) is 17.5 Å². The zero-order valence-electron chi connectivity index (χ0n) is 13.8. The highest BCUT2D eigenvalue weighted by atomic mass is 35.5. The molecule has 0 bridgehead atoms. The molecular formula is C16H28ClN5O. The van der Waals surface area contributed by atoms with Crippen molar-refractivity contribution in [1.29, 1.82) is 0 Å². The maximum atomic E-state index is 12.4. The van der Waals surface area contributed by atoms with E-state index in [1.54, 1.807) is 6.20 Å². The predicted octanol–water partition coefficient (Wildman–Crippen LogP) is 2.32. The van der Waals surface area contributed by atoms with Crippen molar-refractivity contribution in [3.63, 3.8) is 0 Å². The van der Waals surface area contributed by atoms with E-state index >= 15 is 0 Å². The lowest BCUT2D eigenvalue weighted by Crippen LogP contribution is -2.39. The Labute approximate surface area is 144 Å². The van der Waals surface area contributed by atoms with Crippen LogP contribution in [0.15, 0.2) is 6.20 Å². The molecule has 2 fully saturated rings. The molecule has 3 rings (SSSR count). The number of hydrogen-bond acceptors (Lipinski definition) is 4. The number of aromatic nitrogens is 3. The van der Waals surface area contributed by atoms with Crippen LogP contribution in [0, 0.1) is 5.92 Å². The van der Waals surface area contributed by atoms with Gasteiger partial charge in [0.05, 0.1) is 12.2 Å². The number of nitrogens with one attached hydrogen (secondary N) is 2. The van der Waals surface area contributed by atoms with Crippen molar-refractivity contribution in [2.24, 2.45) is 5.92 Å². The van der Waals surface area contributed by atoms with E-state index in [0.29, 0.717) is 17.7 Å². The molecule has 1 aliphatic heterocycles. The van der Waals surface area contributed by atoms with Crippen LogP contribution in [-0.4, -0.2) is 40.0 Å². The maximum absolute atomic E-state index is 12.4. The Morgan fingerprint density at radius 3 is 2.65 bits per heavy atom. The zero-order chi connectivity index (χ0) is 15.4. The second kappa shape index (κ2) is 8.64. The lowest BCUT2D eigenvalue weighted by Gasteiger charge is -2.27. The molecule has 0 aromatic carbocycles. The third-order valence-corrected chi connectivity index (χ3v) is 5.14. The molecule has 2 N–H and O–H groups in total. The molecule has 7 heteroatoms. The number of rotatable bonds is 4. The molecule has 6 nitrogen and oxygen atoms in total. The van der Waals surface area contributed by atoms with Gasteiger partial charge >= 0.3 is 0 Å². The van der Waals surface area contributed by atoms with Crippen molar-refractivity contribution >= 4 is 18.3 Å². The average Bonchev–Trinajstić information content (AvgIpc) is 3.06. The zero-order valence-corrected chi connectivity index (χ0v) is 14.6. The van der Waals surface area contributed by atoms with Crippen LogP contribution in [0.3, 0.4) is 0 Å². The number of piperidine rings is 1. The van der Waals surface area contributed by atoms with Gasteiger partial charge in [-0.25, -0.2) is 4.68 Å². The van der Waals surface area contributed by atoms with Crippen LogP contribution in [0.1, 0.15) is 68.4 Å². The summed E-state index contributed by atoms with van der Waals surface area (Å²) in [4.78, 5) is 12.4. The molecule has 0 spiro atoms. The lowest BCUT2D eigenvalue weighted by molar-refractivity contribution is 0.0914. The fourth-order valence-electron chi connectivity index (χ4n) is 3.66. The third kappa shape index (κ3) is 4.67. The van der Waals surface area contributed by atoms with E-state index in [9.17, 15) is 4.79 Å². The van der Waals surface area contributed by atoms with E-state index in [2.05, 4.69) is 27.9 Å². The van der Waals surface area contributed by atoms with Crippen molar-refractivity contribution in [3.8, 4) is 0 Å². The Bertz CT molecular complexity index is 494. The number of amides is 1. The van der Waals surface area contributed by atoms with E-state index in [0.717, 1.165) is 25.9 Å². The summed E-state index contributed by atoms with van der Waals surface area (Å²) in [5.74, 6) is 0.524. The second-order valence-corrected chi connectivity index (χ2v) is 6.73. The first-order chi connectivity index (χ1) is 10.7. The van der Waals surface area contributed by atoms with Crippen molar-refractivity contribution < 1.29 is 4.79 Å². The SMILES string of the molecule is CC(NC(=O)c1cn(C2CCNCC2)nn1)C1CCCCC1.Cl. The molecular weight excluding hydrogens is 314 g/mol. The highest BCUT2D eigenvalue weighted by Gasteiger charge is 2.24. The Balaban J connectivity index is 0.00000192. The highest BCUT2D eigenvalue weighted by Crippen LogP contribution is 2.26. The molecule has 1 amide bonds. The van der Waals surface area contributed by atoms with Crippen LogP contribution < -0.4 is 10.6 Å². The van der Waals surface area contributed by atoms with Gasteiger partial charge in [0.25, 0.3) is 5.91 Å². The van der Waals surface area contributed by atoms with Gasteiger partial charge in [-0.2, -0.15) is 0 Å². The van der Waals surface area contributed by atoms with Crippen molar-refractivity contribution in [3.05, 3.63) is 11.9 Å². The quantitative estimate of drug-likeness (QED) is 0.881. The van der Waals surface area contributed by atoms with Gasteiger partial charge < -0.3 is 10.6 Å². The monoisotopic (exact) mass is 341 g/mol. The summed E-state index contributed by atoms with van der Waals surface area (Å²) in [7, 11) is 0. The molecule has 130 valence electrons. The molecule has 1 aliphatic carbocycles. The van der Waals surface area contributed by atoms with Crippen molar-refractivity contribution in [2.75, 3.05) is 13.1 Å². The van der Waals surface area contributed by atoms with Gasteiger partial charge in [-0.3, -0.25) is 4.79 Å². The first-order valence-electron chi connectivity index (χ1n) is 8.67. The van der Waals surface area contributed by atoms with E-state index in [1.165, 1.54) is 32.1 Å². The first kappa shape index (κ1) is 18.2. The third-order valence-electron chi connectivity index (χ3n) is 5.14. The topological polar surface area (TPSA) is 71.8 Å². The standard InChI is InChI=1S/C16H27N5O.ClH/c1-12(13-5-3-2-4-6-13)18-16(22)15-11-21(20-19-15)14-7-9-17-10-8-14;/h11-14,17H,2-10H2,1H3,(H,18,22);1H. The maximum Gasteiger partial charge on any atom is 0.273 e. The van der Waals surface area contributed by atoms with Gasteiger partial charge in [0.2, 0.25) is 0 Å². The number of nitrogens with zero attached hydrogens (tertiary/aromatic N) is 3. The summed E-state index contributed by atoms with van der Waals surface area (Å²) in [5, 5.41) is 14.7. The summed E-state index contributed by atoms with van der Waals surface area (Å²) in [6.45, 7) is 4.13. The number of hydrogen-bond donors (Lipinski definition) is 2. The summed E-state index contributed by atoms with van der Waals surface area (Å²) >= 11 is 0. The van der Waals surface area contributed by atoms with Gasteiger partial charge in [0.1, 0.15) is 0 Å². The first-order valence-corrected chi connectivity index (χ1v) is 8.67. The second-order valence-electron chi connectivity index (χ2n) is 6.73. The van der Waals surface area contributed by atoms with Crippen LogP contribution >= 0.6 is 12.4 Å². The molecule has 1 unspecified atom stereocenters. The molecule has 1 saturated heterocycles. The van der Waals surface area contributed by atoms with Crippen LogP contribution in [0.5, 0.6) is 0 Å². The van der Waals surface area contributed by atoms with E-state index in [1.807, 2.05) is 4.68 Å². The van der Waals surface area contributed by atoms with Gasteiger partial charge in [-0.1, -0.05) is 24.5 Å². The van der Waals surface area contributed by atoms with Crippen LogP contribution in [0.4, 0.5) is 0 Å². The van der Waals surface area contributed by atoms with Crippen LogP contribution in [-0.2, 0) is 0 Å². The highest BCUT2D eigenvalue weighted by molar-refractivity contribution is 5.92. The number of carbonyl (C=O) groups excluding carboxylic acids is 1. The van der Waals surface area contributed by atoms with Crippen molar-refractivity contribution in [2.45, 2.75) is 64.0 Å². The minimum Gasteiger partial charge on any atom is -0.348 e. The fraction of sp³-hybridized carbons (Fsp3) is 0.812. The Morgan fingerprint density at radius 1 is 1.26 bits per heavy atom. The van der Waals surface area contributed by atoms with E-state index in [4.69, 9.17) is 0 Å². The molecule has 1 atom stereocenters. The minimum atomic E-state index is -0.0849. The summed E-state index contributed by atoms with van der Waals surface area (Å²) < 4.78 is 1.86. The molecule has 1 aromatic heterocycles. The van der Waals surface area contributed by atoms with Crippen molar-refractivity contribution in [1.82, 2.24) is 25.6 Å². The number of carbonyl (C=O) groups is 1.